The highest BCUT2D eigenvalue weighted by molar-refractivity contribution is 5.95. The minimum absolute atomic E-state index is 0.0659. The maximum atomic E-state index is 12.0. The van der Waals surface area contributed by atoms with E-state index in [-0.39, 0.29) is 28.9 Å². The average molecular weight is 281 g/mol. The van der Waals surface area contributed by atoms with Crippen molar-refractivity contribution in [2.75, 3.05) is 26.1 Å². The molecule has 0 radical (unpaired) electrons. The quantitative estimate of drug-likeness (QED) is 0.399. The molecule has 8 heteroatoms. The number of nitrogens with zero attached hydrogens (tertiary/aromatic N) is 2. The maximum absolute atomic E-state index is 12.0. The van der Waals surface area contributed by atoms with Gasteiger partial charge in [-0.1, -0.05) is 0 Å². The number of likely N-dealkylation sites (N-methyl/N-ethyl adjacent to an activating group) is 1. The minimum Gasteiger partial charge on any atom is -0.348 e. The topological polar surface area (TPSA) is 114 Å². The normalized spacial score (nSPS) is 12.1. The molecule has 0 aliphatic heterocycles. The second-order valence-corrected chi connectivity index (χ2v) is 4.77. The molecule has 0 aliphatic carbocycles. The van der Waals surface area contributed by atoms with Gasteiger partial charge in [-0.05, 0) is 33.2 Å². The van der Waals surface area contributed by atoms with Gasteiger partial charge in [0.25, 0.3) is 11.6 Å². The number of nitro benzene ring substituents is 1. The van der Waals surface area contributed by atoms with Gasteiger partial charge in [-0.15, -0.1) is 0 Å². The molecule has 0 spiro atoms. The number of nitrogen functional groups attached to an aromatic ring is 1. The lowest BCUT2D eigenvalue weighted by atomic mass is 10.1. The molecule has 1 aromatic rings. The molecule has 110 valence electrons. The summed E-state index contributed by atoms with van der Waals surface area (Å²) in [6, 6.07) is 4.03. The van der Waals surface area contributed by atoms with Gasteiger partial charge in [-0.3, -0.25) is 20.8 Å². The van der Waals surface area contributed by atoms with Crippen LogP contribution < -0.4 is 16.6 Å². The number of hydrogen-bond donors (Lipinski definition) is 3. The summed E-state index contributed by atoms with van der Waals surface area (Å²) in [6.07, 6.45) is 0. The number of rotatable bonds is 6. The highest BCUT2D eigenvalue weighted by Gasteiger charge is 2.18. The summed E-state index contributed by atoms with van der Waals surface area (Å²) < 4.78 is 0. The van der Waals surface area contributed by atoms with E-state index in [2.05, 4.69) is 10.7 Å². The fourth-order valence-corrected chi connectivity index (χ4v) is 1.85. The molecule has 0 fully saturated rings. The van der Waals surface area contributed by atoms with Crippen LogP contribution in [0.15, 0.2) is 18.2 Å². The molecule has 1 unspecified atom stereocenters. The van der Waals surface area contributed by atoms with E-state index in [9.17, 15) is 14.9 Å². The van der Waals surface area contributed by atoms with Gasteiger partial charge in [0.2, 0.25) is 0 Å². The molecule has 8 nitrogen and oxygen atoms in total. The minimum atomic E-state index is -0.588. The van der Waals surface area contributed by atoms with Crippen LogP contribution >= 0.6 is 0 Å². The Kier molecular flexibility index (Phi) is 5.42. The lowest BCUT2D eigenvalue weighted by Crippen LogP contribution is -2.39. The first-order chi connectivity index (χ1) is 9.35. The molecule has 0 saturated heterocycles. The van der Waals surface area contributed by atoms with Crippen molar-refractivity contribution in [1.29, 1.82) is 0 Å². The third-order valence-corrected chi connectivity index (χ3v) is 2.63. The predicted molar refractivity (Wildman–Crippen MR) is 76.4 cm³/mol. The molecule has 1 aromatic carbocycles. The molecule has 20 heavy (non-hydrogen) atoms. The van der Waals surface area contributed by atoms with Crippen molar-refractivity contribution < 1.29 is 9.72 Å². The fourth-order valence-electron chi connectivity index (χ4n) is 1.85. The molecule has 0 bridgehead atoms. The van der Waals surface area contributed by atoms with E-state index < -0.39 is 4.92 Å². The summed E-state index contributed by atoms with van der Waals surface area (Å²) in [5.41, 5.74) is 2.38. The molecule has 0 aromatic heterocycles. The number of benzene rings is 1. The number of nitrogens with one attached hydrogen (secondary N) is 2. The number of carbonyl (C=O) groups is 1. The smallest absolute Gasteiger partial charge is 0.294 e. The van der Waals surface area contributed by atoms with Crippen molar-refractivity contribution in [1.82, 2.24) is 10.2 Å². The number of hydrazine groups is 1. The van der Waals surface area contributed by atoms with Crippen LogP contribution in [0.4, 0.5) is 11.4 Å². The molecule has 1 atom stereocenters. The van der Waals surface area contributed by atoms with E-state index >= 15 is 0 Å². The van der Waals surface area contributed by atoms with Crippen molar-refractivity contribution in [3.63, 3.8) is 0 Å². The first kappa shape index (κ1) is 15.9. The number of nitrogens with two attached hydrogens (primary N) is 1. The second-order valence-electron chi connectivity index (χ2n) is 4.77. The zero-order valence-corrected chi connectivity index (χ0v) is 11.7. The van der Waals surface area contributed by atoms with Gasteiger partial charge >= 0.3 is 0 Å². The van der Waals surface area contributed by atoms with Crippen LogP contribution in [-0.2, 0) is 0 Å². The summed E-state index contributed by atoms with van der Waals surface area (Å²) in [6.45, 7) is 2.54. The standard InChI is InChI=1S/C12H19N5O3/c1-8(7-16(2)3)14-12(18)9-4-5-10(15-13)11(6-9)17(19)20/h4-6,8,15H,7,13H2,1-3H3,(H,14,18). The van der Waals surface area contributed by atoms with Crippen molar-refractivity contribution in [2.45, 2.75) is 13.0 Å². The molecule has 1 rings (SSSR count). The molecular formula is C12H19N5O3. The lowest BCUT2D eigenvalue weighted by molar-refractivity contribution is -0.384. The van der Waals surface area contributed by atoms with Gasteiger partial charge in [0, 0.05) is 24.2 Å². The van der Waals surface area contributed by atoms with Gasteiger partial charge in [0.1, 0.15) is 5.69 Å². The predicted octanol–water partition coefficient (Wildman–Crippen LogP) is 0.560. The summed E-state index contributed by atoms with van der Waals surface area (Å²) in [5.74, 6) is 4.83. The highest BCUT2D eigenvalue weighted by atomic mass is 16.6. The van der Waals surface area contributed by atoms with Crippen LogP contribution in [0.2, 0.25) is 0 Å². The van der Waals surface area contributed by atoms with Crippen LogP contribution in [-0.4, -0.2) is 42.4 Å². The molecule has 0 aliphatic rings. The van der Waals surface area contributed by atoms with Gasteiger partial charge in [-0.25, -0.2) is 0 Å². The van der Waals surface area contributed by atoms with Gasteiger partial charge in [0.15, 0.2) is 0 Å². The second kappa shape index (κ2) is 6.83. The third-order valence-electron chi connectivity index (χ3n) is 2.63. The number of anilines is 1. The van der Waals surface area contributed by atoms with Gasteiger partial charge in [-0.2, -0.15) is 0 Å². The zero-order valence-electron chi connectivity index (χ0n) is 11.7. The van der Waals surface area contributed by atoms with Crippen LogP contribution in [0.3, 0.4) is 0 Å². The van der Waals surface area contributed by atoms with Crippen LogP contribution in [0, 0.1) is 10.1 Å². The Morgan fingerprint density at radius 2 is 2.15 bits per heavy atom. The van der Waals surface area contributed by atoms with Crippen molar-refractivity contribution in [2.24, 2.45) is 5.84 Å². The molecule has 4 N–H and O–H groups in total. The van der Waals surface area contributed by atoms with Crippen molar-refractivity contribution in [3.05, 3.63) is 33.9 Å². The Labute approximate surface area is 117 Å². The molecule has 0 saturated carbocycles. The number of hydrogen-bond acceptors (Lipinski definition) is 6. The van der Waals surface area contributed by atoms with E-state index in [1.807, 2.05) is 25.9 Å². The molecular weight excluding hydrogens is 262 g/mol. The first-order valence-electron chi connectivity index (χ1n) is 6.05. The summed E-state index contributed by atoms with van der Waals surface area (Å²) >= 11 is 0. The van der Waals surface area contributed by atoms with E-state index in [0.717, 1.165) is 0 Å². The van der Waals surface area contributed by atoms with Crippen molar-refractivity contribution in [3.8, 4) is 0 Å². The van der Waals surface area contributed by atoms with E-state index in [1.54, 1.807) is 0 Å². The van der Waals surface area contributed by atoms with E-state index in [1.165, 1.54) is 18.2 Å². The SMILES string of the molecule is CC(CN(C)C)NC(=O)c1ccc(NN)c([N+](=O)[O-])c1. The Morgan fingerprint density at radius 1 is 1.50 bits per heavy atom. The van der Waals surface area contributed by atoms with Crippen LogP contribution in [0.5, 0.6) is 0 Å². The monoisotopic (exact) mass is 281 g/mol. The molecule has 1 amide bonds. The number of carbonyl (C=O) groups excluding carboxylic acids is 1. The van der Waals surface area contributed by atoms with E-state index in [0.29, 0.717) is 6.54 Å². The van der Waals surface area contributed by atoms with Crippen molar-refractivity contribution >= 4 is 17.3 Å². The zero-order chi connectivity index (χ0) is 15.3. The Hall–Kier alpha value is -2.19. The summed E-state index contributed by atoms with van der Waals surface area (Å²) in [4.78, 5) is 24.3. The summed E-state index contributed by atoms with van der Waals surface area (Å²) in [5, 5.41) is 13.7. The van der Waals surface area contributed by atoms with Gasteiger partial charge in [0.05, 0.1) is 4.92 Å². The molecule has 0 heterocycles. The average Bonchev–Trinajstić information content (AvgIpc) is 2.36. The lowest BCUT2D eigenvalue weighted by Gasteiger charge is -2.18. The third kappa shape index (κ3) is 4.18. The largest absolute Gasteiger partial charge is 0.348 e. The van der Waals surface area contributed by atoms with E-state index in [4.69, 9.17) is 5.84 Å². The maximum Gasteiger partial charge on any atom is 0.294 e. The Bertz CT molecular complexity index is 504. The summed E-state index contributed by atoms with van der Waals surface area (Å²) in [7, 11) is 3.80. The van der Waals surface area contributed by atoms with Crippen LogP contribution in [0.1, 0.15) is 17.3 Å². The first-order valence-corrected chi connectivity index (χ1v) is 6.05. The Morgan fingerprint density at radius 3 is 2.65 bits per heavy atom. The van der Waals surface area contributed by atoms with Gasteiger partial charge < -0.3 is 15.6 Å². The highest BCUT2D eigenvalue weighted by Crippen LogP contribution is 2.24. The van der Waals surface area contributed by atoms with Crippen LogP contribution in [0.25, 0.3) is 0 Å². The Balaban J connectivity index is 2.88. The fraction of sp³-hybridized carbons (Fsp3) is 0.417. The number of nitro groups is 1. The number of amides is 1.